The van der Waals surface area contributed by atoms with Crippen LogP contribution in [0.3, 0.4) is 0 Å². The van der Waals surface area contributed by atoms with Gasteiger partial charge in [0.25, 0.3) is 0 Å². The first-order valence-electron chi connectivity index (χ1n) is 10.6. The van der Waals surface area contributed by atoms with Crippen LogP contribution < -0.4 is 5.56 Å². The number of H-pyrrole nitrogens is 1. The first-order valence-corrected chi connectivity index (χ1v) is 11.5. The molecular weight excluding hydrogens is 541 g/mol. The summed E-state index contributed by atoms with van der Waals surface area (Å²) in [7, 11) is 0. The second kappa shape index (κ2) is 9.79. The molecule has 0 radical (unpaired) electrons. The van der Waals surface area contributed by atoms with Crippen molar-refractivity contribution >= 4 is 39.4 Å². The van der Waals surface area contributed by atoms with Crippen molar-refractivity contribution in [1.82, 2.24) is 19.7 Å². The predicted molar refractivity (Wildman–Crippen MR) is 137 cm³/mol. The van der Waals surface area contributed by atoms with E-state index in [2.05, 4.69) is 39.3 Å². The number of benzene rings is 2. The molecule has 0 fully saturated rings. The number of hydrogen-bond donors (Lipinski definition) is 1. The summed E-state index contributed by atoms with van der Waals surface area (Å²) in [4.78, 5) is 19.0. The van der Waals surface area contributed by atoms with Crippen LogP contribution >= 0.6 is 28.3 Å². The fraction of sp³-hybridized carbons (Fsp3) is 0.160. The van der Waals surface area contributed by atoms with E-state index in [9.17, 15) is 18.0 Å². The highest BCUT2D eigenvalue weighted by Crippen LogP contribution is 2.34. The van der Waals surface area contributed by atoms with E-state index in [-0.39, 0.29) is 33.7 Å². The van der Waals surface area contributed by atoms with Crippen molar-refractivity contribution in [3.8, 4) is 22.4 Å². The molecule has 0 aliphatic heterocycles. The van der Waals surface area contributed by atoms with Crippen molar-refractivity contribution < 1.29 is 13.2 Å². The van der Waals surface area contributed by atoms with Gasteiger partial charge in [0.2, 0.25) is 5.56 Å². The molecule has 0 spiro atoms. The van der Waals surface area contributed by atoms with Crippen molar-refractivity contribution in [3.63, 3.8) is 0 Å². The maximum Gasteiger partial charge on any atom is 0.417 e. The molecule has 0 amide bonds. The molecule has 5 rings (SSSR count). The van der Waals surface area contributed by atoms with E-state index in [0.29, 0.717) is 19.0 Å². The molecule has 0 aliphatic rings. The van der Waals surface area contributed by atoms with E-state index in [1.54, 1.807) is 0 Å². The zero-order chi connectivity index (χ0) is 23.9. The average Bonchev–Trinajstić information content (AvgIpc) is 3.42. The third kappa shape index (κ3) is 5.08. The van der Waals surface area contributed by atoms with Crippen LogP contribution in [0.4, 0.5) is 13.2 Å². The average molecular weight is 561 g/mol. The minimum atomic E-state index is -4.63. The smallest absolute Gasteiger partial charge is 0.307 e. The molecule has 3 aromatic heterocycles. The molecule has 0 aliphatic carbocycles. The number of pyridine rings is 1. The van der Waals surface area contributed by atoms with Crippen LogP contribution in [-0.2, 0) is 19.1 Å². The Morgan fingerprint density at radius 3 is 2.34 bits per heavy atom. The first-order chi connectivity index (χ1) is 16.3. The number of thiazole rings is 1. The number of aromatic nitrogens is 4. The van der Waals surface area contributed by atoms with E-state index in [1.807, 2.05) is 35.7 Å². The van der Waals surface area contributed by atoms with Crippen molar-refractivity contribution in [3.05, 3.63) is 92.7 Å². The molecule has 0 atom stereocenters. The fourth-order valence-corrected chi connectivity index (χ4v) is 4.79. The molecule has 0 saturated heterocycles. The van der Waals surface area contributed by atoms with Gasteiger partial charge in [-0.2, -0.15) is 18.3 Å². The highest BCUT2D eigenvalue weighted by Gasteiger charge is 2.35. The Morgan fingerprint density at radius 2 is 1.66 bits per heavy atom. The van der Waals surface area contributed by atoms with Crippen molar-refractivity contribution in [2.45, 2.75) is 26.1 Å². The minimum Gasteiger partial charge on any atom is -0.307 e. The number of aryl methyl sites for hydroxylation is 3. The molecule has 10 heteroatoms. The van der Waals surface area contributed by atoms with Gasteiger partial charge in [0.1, 0.15) is 5.65 Å². The molecule has 3 heterocycles. The number of fused-ring (bicyclic) bond motifs is 1. The van der Waals surface area contributed by atoms with Crippen LogP contribution in [0.1, 0.15) is 16.3 Å². The molecular formula is C25H20BrF3N4OS. The summed E-state index contributed by atoms with van der Waals surface area (Å²) < 4.78 is 41.7. The van der Waals surface area contributed by atoms with Gasteiger partial charge in [0.15, 0.2) is 0 Å². The van der Waals surface area contributed by atoms with Gasteiger partial charge in [0, 0.05) is 30.0 Å². The molecule has 2 aromatic carbocycles. The Morgan fingerprint density at radius 1 is 1.00 bits per heavy atom. The van der Waals surface area contributed by atoms with Gasteiger partial charge in [-0.1, -0.05) is 54.6 Å². The Labute approximate surface area is 213 Å². The van der Waals surface area contributed by atoms with Gasteiger partial charge in [-0.15, -0.1) is 28.3 Å². The van der Waals surface area contributed by atoms with E-state index in [4.69, 9.17) is 0 Å². The van der Waals surface area contributed by atoms with Crippen LogP contribution in [-0.4, -0.2) is 19.7 Å². The van der Waals surface area contributed by atoms with Gasteiger partial charge < -0.3 is 4.98 Å². The molecule has 0 unspecified atom stereocenters. The second-order valence-electron chi connectivity index (χ2n) is 7.90. The normalized spacial score (nSPS) is 11.5. The molecule has 1 N–H and O–H groups in total. The predicted octanol–water partition coefficient (Wildman–Crippen LogP) is 6.66. The van der Waals surface area contributed by atoms with Crippen LogP contribution in [0.15, 0.2) is 70.8 Å². The van der Waals surface area contributed by atoms with Crippen molar-refractivity contribution in [1.29, 1.82) is 0 Å². The molecule has 5 nitrogen and oxygen atoms in total. The van der Waals surface area contributed by atoms with Crippen molar-refractivity contribution in [2.24, 2.45) is 0 Å². The zero-order valence-electron chi connectivity index (χ0n) is 18.5. The maximum atomic E-state index is 13.4. The van der Waals surface area contributed by atoms with Crippen LogP contribution in [0.5, 0.6) is 0 Å². The van der Waals surface area contributed by atoms with E-state index >= 15 is 0 Å². The fourth-order valence-electron chi connectivity index (χ4n) is 4.00. The third-order valence-electron chi connectivity index (χ3n) is 5.60. The van der Waals surface area contributed by atoms with Gasteiger partial charge in [-0.25, -0.2) is 9.67 Å². The number of hydrogen-bond acceptors (Lipinski definition) is 4. The summed E-state index contributed by atoms with van der Waals surface area (Å²) in [5.74, 6) is 0. The number of nitrogens with zero attached hydrogens (tertiary/aromatic N) is 3. The number of aromatic amines is 1. The highest BCUT2D eigenvalue weighted by atomic mass is 79.9. The lowest BCUT2D eigenvalue weighted by molar-refractivity contribution is -0.136. The highest BCUT2D eigenvalue weighted by molar-refractivity contribution is 8.93. The molecule has 35 heavy (non-hydrogen) atoms. The van der Waals surface area contributed by atoms with Crippen LogP contribution in [0.2, 0.25) is 0 Å². The topological polar surface area (TPSA) is 63.6 Å². The second-order valence-corrected chi connectivity index (χ2v) is 8.84. The Kier molecular flexibility index (Phi) is 6.95. The zero-order valence-corrected chi connectivity index (χ0v) is 21.0. The number of nitrogens with one attached hydrogen (secondary N) is 1. The van der Waals surface area contributed by atoms with Gasteiger partial charge in [-0.05, 0) is 18.1 Å². The van der Waals surface area contributed by atoms with E-state index in [0.717, 1.165) is 27.4 Å². The summed E-state index contributed by atoms with van der Waals surface area (Å²) in [6.07, 6.45) is -4.16. The van der Waals surface area contributed by atoms with Crippen LogP contribution in [0.25, 0.3) is 33.4 Å². The quantitative estimate of drug-likeness (QED) is 0.261. The van der Waals surface area contributed by atoms with Gasteiger partial charge in [0.05, 0.1) is 27.3 Å². The lowest BCUT2D eigenvalue weighted by Gasteiger charge is -2.08. The number of alkyl halides is 3. The van der Waals surface area contributed by atoms with Crippen molar-refractivity contribution in [2.75, 3.05) is 0 Å². The summed E-state index contributed by atoms with van der Waals surface area (Å²) >= 11 is 1.48. The van der Waals surface area contributed by atoms with E-state index in [1.165, 1.54) is 22.9 Å². The summed E-state index contributed by atoms with van der Waals surface area (Å²) in [6.45, 7) is 1.80. The van der Waals surface area contributed by atoms with Gasteiger partial charge in [-0.3, -0.25) is 4.79 Å². The summed E-state index contributed by atoms with van der Waals surface area (Å²) in [6, 6.07) is 18.8. The third-order valence-corrected chi connectivity index (χ3v) is 6.50. The van der Waals surface area contributed by atoms with E-state index < -0.39 is 17.3 Å². The summed E-state index contributed by atoms with van der Waals surface area (Å²) in [5, 5.41) is 6.96. The SMILES string of the molecule is Br.Cc1nn(CCc2nc(-c3ccc(-c4ccccc4)cc3)cs2)c2[nH]c(=O)cc(C(F)(F)F)c12. The minimum absolute atomic E-state index is 0. The molecule has 0 saturated carbocycles. The lowest BCUT2D eigenvalue weighted by Crippen LogP contribution is -2.15. The van der Waals surface area contributed by atoms with Gasteiger partial charge >= 0.3 is 6.18 Å². The number of rotatable bonds is 5. The summed E-state index contributed by atoms with van der Waals surface area (Å²) in [5.41, 5.74) is 2.61. The Bertz CT molecular complexity index is 1520. The van der Waals surface area contributed by atoms with Crippen LogP contribution in [0, 0.1) is 6.92 Å². The molecule has 5 aromatic rings. The maximum absolute atomic E-state index is 13.4. The first kappa shape index (κ1) is 24.9. The molecule has 0 bridgehead atoms. The Hall–Kier alpha value is -3.24. The molecule has 180 valence electrons. The lowest BCUT2D eigenvalue weighted by atomic mass is 10.0. The largest absolute Gasteiger partial charge is 0.417 e. The monoisotopic (exact) mass is 560 g/mol. The Balaban J connectivity index is 0.00000289. The number of halogens is 4. The standard InChI is InChI=1S/C25H19F3N4OS.BrH/c1-15-23-19(25(26,27)28)13-21(33)30-24(23)32(31-15)12-11-22-29-20(14-34-22)18-9-7-17(8-10-18)16-5-3-2-4-6-16;/h2-10,13-14H,11-12H2,1H3,(H,30,33);1H.